The second-order valence-electron chi connectivity index (χ2n) is 7.53. The van der Waals surface area contributed by atoms with Crippen LogP contribution in [-0.4, -0.2) is 11.9 Å². The van der Waals surface area contributed by atoms with Crippen molar-refractivity contribution < 1.29 is 4.79 Å². The zero-order chi connectivity index (χ0) is 19.3. The molecule has 0 aliphatic heterocycles. The van der Waals surface area contributed by atoms with Crippen LogP contribution < -0.4 is 11.1 Å². The van der Waals surface area contributed by atoms with Crippen LogP contribution in [0.5, 0.6) is 0 Å². The van der Waals surface area contributed by atoms with E-state index in [2.05, 4.69) is 59.9 Å². The van der Waals surface area contributed by atoms with Gasteiger partial charge in [-0.3, -0.25) is 4.79 Å². The van der Waals surface area contributed by atoms with E-state index in [0.29, 0.717) is 6.42 Å². The number of aryl methyl sites for hydroxylation is 1. The minimum Gasteiger partial charge on any atom is -0.348 e. The van der Waals surface area contributed by atoms with Gasteiger partial charge in [0.2, 0.25) is 5.91 Å². The fourth-order valence-electron chi connectivity index (χ4n) is 3.99. The first kappa shape index (κ1) is 18.5. The van der Waals surface area contributed by atoms with Gasteiger partial charge in [0.15, 0.2) is 0 Å². The lowest BCUT2D eigenvalue weighted by Gasteiger charge is -2.27. The van der Waals surface area contributed by atoms with E-state index >= 15 is 0 Å². The highest BCUT2D eigenvalue weighted by Crippen LogP contribution is 2.29. The number of nitrogens with two attached hydrogens (primary N) is 1. The molecule has 1 amide bonds. The van der Waals surface area contributed by atoms with Crippen molar-refractivity contribution in [3.63, 3.8) is 0 Å². The van der Waals surface area contributed by atoms with Gasteiger partial charge in [-0.2, -0.15) is 0 Å². The van der Waals surface area contributed by atoms with Crippen molar-refractivity contribution in [1.82, 2.24) is 5.32 Å². The third kappa shape index (κ3) is 4.15. The molecule has 0 saturated carbocycles. The van der Waals surface area contributed by atoms with Crippen LogP contribution in [0.4, 0.5) is 0 Å². The van der Waals surface area contributed by atoms with Gasteiger partial charge >= 0.3 is 0 Å². The van der Waals surface area contributed by atoms with E-state index in [-0.39, 0.29) is 11.9 Å². The van der Waals surface area contributed by atoms with Crippen molar-refractivity contribution in [2.24, 2.45) is 5.73 Å². The Morgan fingerprint density at radius 1 is 0.929 bits per heavy atom. The maximum absolute atomic E-state index is 12.7. The molecule has 0 aromatic heterocycles. The molecule has 3 aromatic rings. The van der Waals surface area contributed by atoms with Gasteiger partial charge in [0.05, 0.1) is 12.1 Å². The van der Waals surface area contributed by atoms with Crippen molar-refractivity contribution in [1.29, 1.82) is 0 Å². The Morgan fingerprint density at radius 2 is 1.61 bits per heavy atom. The fraction of sp³-hybridized carbons (Fsp3) is 0.240. The van der Waals surface area contributed by atoms with E-state index in [9.17, 15) is 4.79 Å². The Labute approximate surface area is 166 Å². The number of fused-ring (bicyclic) bond motifs is 1. The smallest absolute Gasteiger partial charge is 0.237 e. The first-order valence-corrected chi connectivity index (χ1v) is 9.99. The second-order valence-corrected chi connectivity index (χ2v) is 7.53. The molecule has 28 heavy (non-hydrogen) atoms. The SMILES string of the molecule is NC(Cc1ccc(-c2ccccc2)cc1)C(=O)NC1CCCc2ccccc21. The topological polar surface area (TPSA) is 55.1 Å². The highest BCUT2D eigenvalue weighted by atomic mass is 16.2. The van der Waals surface area contributed by atoms with Crippen molar-refractivity contribution >= 4 is 5.91 Å². The number of hydrogen-bond acceptors (Lipinski definition) is 2. The first-order chi connectivity index (χ1) is 13.7. The van der Waals surface area contributed by atoms with Gasteiger partial charge in [-0.1, -0.05) is 78.9 Å². The number of carbonyl (C=O) groups excluding carboxylic acids is 1. The van der Waals surface area contributed by atoms with Gasteiger partial charge in [0.25, 0.3) is 0 Å². The quantitative estimate of drug-likeness (QED) is 0.699. The number of rotatable bonds is 5. The zero-order valence-corrected chi connectivity index (χ0v) is 16.0. The molecule has 2 unspecified atom stereocenters. The molecule has 1 aliphatic rings. The summed E-state index contributed by atoms with van der Waals surface area (Å²) in [4.78, 5) is 12.7. The van der Waals surface area contributed by atoms with Crippen molar-refractivity contribution in [2.45, 2.75) is 37.8 Å². The summed E-state index contributed by atoms with van der Waals surface area (Å²) in [6, 6.07) is 26.5. The number of amides is 1. The van der Waals surface area contributed by atoms with E-state index in [1.165, 1.54) is 22.3 Å². The van der Waals surface area contributed by atoms with Crippen molar-refractivity contribution in [3.05, 3.63) is 95.6 Å². The molecule has 2 atom stereocenters. The lowest BCUT2D eigenvalue weighted by Crippen LogP contribution is -2.44. The highest BCUT2D eigenvalue weighted by molar-refractivity contribution is 5.82. The Balaban J connectivity index is 1.39. The first-order valence-electron chi connectivity index (χ1n) is 9.99. The predicted molar refractivity (Wildman–Crippen MR) is 114 cm³/mol. The molecular formula is C25H26N2O. The summed E-state index contributed by atoms with van der Waals surface area (Å²) in [7, 11) is 0. The number of hydrogen-bond donors (Lipinski definition) is 2. The van der Waals surface area contributed by atoms with Gasteiger partial charge in [0, 0.05) is 0 Å². The van der Waals surface area contributed by atoms with Crippen molar-refractivity contribution in [3.8, 4) is 11.1 Å². The third-order valence-electron chi connectivity index (χ3n) is 5.54. The van der Waals surface area contributed by atoms with Crippen LogP contribution in [0.2, 0.25) is 0 Å². The number of nitrogens with one attached hydrogen (secondary N) is 1. The van der Waals surface area contributed by atoms with Gasteiger partial charge in [0.1, 0.15) is 0 Å². The molecule has 0 spiro atoms. The van der Waals surface area contributed by atoms with Gasteiger partial charge in [-0.25, -0.2) is 0 Å². The zero-order valence-electron chi connectivity index (χ0n) is 16.0. The monoisotopic (exact) mass is 370 g/mol. The Morgan fingerprint density at radius 3 is 2.39 bits per heavy atom. The normalized spacial score (nSPS) is 16.8. The third-order valence-corrected chi connectivity index (χ3v) is 5.54. The standard InChI is InChI=1S/C25H26N2O/c26-23(17-18-13-15-20(16-14-18)19-7-2-1-3-8-19)25(28)27-24-12-6-10-21-9-4-5-11-22(21)24/h1-5,7-9,11,13-16,23-24H,6,10,12,17,26H2,(H,27,28). The van der Waals surface area contributed by atoms with Crippen LogP contribution in [0, 0.1) is 0 Å². The fourth-order valence-corrected chi connectivity index (χ4v) is 3.99. The van der Waals surface area contributed by atoms with Crippen LogP contribution in [0.3, 0.4) is 0 Å². The summed E-state index contributed by atoms with van der Waals surface area (Å²) in [5.41, 5.74) is 12.2. The molecule has 3 N–H and O–H groups in total. The largest absolute Gasteiger partial charge is 0.348 e. The summed E-state index contributed by atoms with van der Waals surface area (Å²) in [6.45, 7) is 0. The van der Waals surface area contributed by atoms with E-state index in [1.54, 1.807) is 0 Å². The maximum Gasteiger partial charge on any atom is 0.237 e. The molecule has 0 saturated heterocycles. The van der Waals surface area contributed by atoms with Crippen LogP contribution in [0.15, 0.2) is 78.9 Å². The van der Waals surface area contributed by atoms with E-state index in [4.69, 9.17) is 5.73 Å². The van der Waals surface area contributed by atoms with Crippen LogP contribution in [0.1, 0.15) is 35.6 Å². The van der Waals surface area contributed by atoms with Crippen LogP contribution >= 0.6 is 0 Å². The van der Waals surface area contributed by atoms with Gasteiger partial charge in [-0.05, 0) is 53.5 Å². The molecule has 4 rings (SSSR count). The minimum absolute atomic E-state index is 0.0731. The second kappa shape index (κ2) is 8.41. The Kier molecular flexibility index (Phi) is 5.54. The lowest BCUT2D eigenvalue weighted by molar-refractivity contribution is -0.123. The molecular weight excluding hydrogens is 344 g/mol. The molecule has 142 valence electrons. The summed E-state index contributed by atoms with van der Waals surface area (Å²) in [5, 5.41) is 3.17. The number of carbonyl (C=O) groups is 1. The Bertz CT molecular complexity index is 934. The molecule has 1 aliphatic carbocycles. The molecule has 0 fully saturated rings. The van der Waals surface area contributed by atoms with E-state index < -0.39 is 6.04 Å². The molecule has 0 heterocycles. The molecule has 0 bridgehead atoms. The molecule has 3 aromatic carbocycles. The average Bonchev–Trinajstić information content (AvgIpc) is 2.75. The lowest BCUT2D eigenvalue weighted by atomic mass is 9.87. The average molecular weight is 370 g/mol. The summed E-state index contributed by atoms with van der Waals surface area (Å²) in [6.07, 6.45) is 3.69. The van der Waals surface area contributed by atoms with Crippen LogP contribution in [-0.2, 0) is 17.6 Å². The minimum atomic E-state index is -0.545. The van der Waals surface area contributed by atoms with Crippen LogP contribution in [0.25, 0.3) is 11.1 Å². The summed E-state index contributed by atoms with van der Waals surface area (Å²) >= 11 is 0. The Hall–Kier alpha value is -2.91. The van der Waals surface area contributed by atoms with E-state index in [0.717, 1.165) is 24.8 Å². The number of benzene rings is 3. The summed E-state index contributed by atoms with van der Waals surface area (Å²) in [5.74, 6) is -0.0751. The van der Waals surface area contributed by atoms with Crippen molar-refractivity contribution in [2.75, 3.05) is 0 Å². The molecule has 3 nitrogen and oxygen atoms in total. The van der Waals surface area contributed by atoms with Gasteiger partial charge in [-0.15, -0.1) is 0 Å². The van der Waals surface area contributed by atoms with Gasteiger partial charge < -0.3 is 11.1 Å². The van der Waals surface area contributed by atoms with E-state index in [1.807, 2.05) is 24.3 Å². The maximum atomic E-state index is 12.7. The molecule has 0 radical (unpaired) electrons. The molecule has 3 heteroatoms. The summed E-state index contributed by atoms with van der Waals surface area (Å²) < 4.78 is 0. The predicted octanol–water partition coefficient (Wildman–Crippen LogP) is 4.42. The highest BCUT2D eigenvalue weighted by Gasteiger charge is 2.23.